The van der Waals surface area contributed by atoms with E-state index in [4.69, 9.17) is 0 Å². The molecule has 0 saturated heterocycles. The van der Waals surface area contributed by atoms with Crippen LogP contribution in [-0.2, 0) is 6.42 Å². The highest BCUT2D eigenvalue weighted by molar-refractivity contribution is 5.34. The molecule has 1 unspecified atom stereocenters. The van der Waals surface area contributed by atoms with Crippen molar-refractivity contribution in [1.29, 1.82) is 0 Å². The van der Waals surface area contributed by atoms with Crippen molar-refractivity contribution in [2.75, 3.05) is 0 Å². The van der Waals surface area contributed by atoms with E-state index in [9.17, 15) is 15.2 Å². The summed E-state index contributed by atoms with van der Waals surface area (Å²) in [5.41, 5.74) is 0.844. The van der Waals surface area contributed by atoms with Gasteiger partial charge in [-0.1, -0.05) is 32.9 Å². The first-order valence-corrected chi connectivity index (χ1v) is 5.72. The van der Waals surface area contributed by atoms with Crippen LogP contribution in [0.2, 0.25) is 0 Å². The van der Waals surface area contributed by atoms with Crippen molar-refractivity contribution in [2.45, 2.75) is 39.7 Å². The largest absolute Gasteiger partial charge is 0.393 e. The Bertz CT molecular complexity index is 396. The Kier molecular flexibility index (Phi) is 4.23. The highest BCUT2D eigenvalue weighted by atomic mass is 16.6. The van der Waals surface area contributed by atoms with Crippen LogP contribution in [0.15, 0.2) is 24.3 Å². The minimum absolute atomic E-state index is 0.104. The van der Waals surface area contributed by atoms with Crippen LogP contribution in [0.4, 0.5) is 5.69 Å². The van der Waals surface area contributed by atoms with Crippen LogP contribution in [0.1, 0.15) is 32.8 Å². The fourth-order valence-corrected chi connectivity index (χ4v) is 1.56. The van der Waals surface area contributed by atoms with Crippen LogP contribution in [0, 0.1) is 15.5 Å². The molecule has 0 heterocycles. The highest BCUT2D eigenvalue weighted by Crippen LogP contribution is 2.23. The highest BCUT2D eigenvalue weighted by Gasteiger charge is 2.21. The molecule has 1 aromatic rings. The van der Waals surface area contributed by atoms with E-state index in [1.807, 2.05) is 26.8 Å². The zero-order valence-electron chi connectivity index (χ0n) is 10.5. The number of aryl methyl sites for hydroxylation is 1. The minimum atomic E-state index is -0.401. The third-order valence-electron chi connectivity index (χ3n) is 2.83. The molecular formula is C13H19NO3. The fraction of sp³-hybridized carbons (Fsp3) is 0.538. The van der Waals surface area contributed by atoms with E-state index in [1.165, 1.54) is 6.07 Å². The van der Waals surface area contributed by atoms with E-state index in [0.29, 0.717) is 12.8 Å². The van der Waals surface area contributed by atoms with Gasteiger partial charge in [-0.15, -0.1) is 0 Å². The quantitative estimate of drug-likeness (QED) is 0.646. The Labute approximate surface area is 101 Å². The molecule has 0 spiro atoms. The molecule has 0 aliphatic rings. The number of hydrogen-bond acceptors (Lipinski definition) is 3. The summed E-state index contributed by atoms with van der Waals surface area (Å²) < 4.78 is 0. The fourth-order valence-electron chi connectivity index (χ4n) is 1.56. The van der Waals surface area contributed by atoms with E-state index in [0.717, 1.165) is 5.56 Å². The molecule has 17 heavy (non-hydrogen) atoms. The number of nitrogens with zero attached hydrogens (tertiary/aromatic N) is 1. The molecular weight excluding hydrogens is 218 g/mol. The van der Waals surface area contributed by atoms with Gasteiger partial charge in [0.15, 0.2) is 0 Å². The molecule has 0 aromatic heterocycles. The summed E-state index contributed by atoms with van der Waals surface area (Å²) in [6, 6.07) is 6.57. The van der Waals surface area contributed by atoms with Crippen LogP contribution < -0.4 is 0 Å². The lowest BCUT2D eigenvalue weighted by Crippen LogP contribution is -2.26. The van der Waals surface area contributed by atoms with E-state index in [-0.39, 0.29) is 11.1 Å². The molecule has 0 aliphatic carbocycles. The number of non-ortho nitro benzene ring substituents is 1. The first-order valence-electron chi connectivity index (χ1n) is 5.72. The van der Waals surface area contributed by atoms with Gasteiger partial charge in [-0.3, -0.25) is 10.1 Å². The molecule has 1 rings (SSSR count). The molecule has 0 radical (unpaired) electrons. The lowest BCUT2D eigenvalue weighted by Gasteiger charge is -2.25. The maximum Gasteiger partial charge on any atom is 0.269 e. The van der Waals surface area contributed by atoms with Crippen molar-refractivity contribution in [1.82, 2.24) is 0 Å². The van der Waals surface area contributed by atoms with Gasteiger partial charge in [0.1, 0.15) is 0 Å². The maximum absolute atomic E-state index is 10.6. The Morgan fingerprint density at radius 2 is 2.06 bits per heavy atom. The number of nitro groups is 1. The Morgan fingerprint density at radius 3 is 2.59 bits per heavy atom. The summed E-state index contributed by atoms with van der Waals surface area (Å²) in [7, 11) is 0. The summed E-state index contributed by atoms with van der Waals surface area (Å²) in [5, 5.41) is 20.5. The number of nitro benzene ring substituents is 1. The molecule has 0 amide bonds. The average Bonchev–Trinajstić information content (AvgIpc) is 2.25. The van der Waals surface area contributed by atoms with Crippen molar-refractivity contribution in [2.24, 2.45) is 5.41 Å². The zero-order valence-corrected chi connectivity index (χ0v) is 10.5. The molecule has 0 fully saturated rings. The van der Waals surface area contributed by atoms with E-state index in [2.05, 4.69) is 0 Å². The third kappa shape index (κ3) is 4.15. The Morgan fingerprint density at radius 1 is 1.41 bits per heavy atom. The summed E-state index contributed by atoms with van der Waals surface area (Å²) in [5.74, 6) is 0. The van der Waals surface area contributed by atoms with Gasteiger partial charge >= 0.3 is 0 Å². The minimum Gasteiger partial charge on any atom is -0.393 e. The SMILES string of the molecule is CC(C)(C)C(O)CCc1cccc([N+](=O)[O-])c1. The number of aliphatic hydroxyl groups is 1. The molecule has 0 saturated carbocycles. The molecule has 0 aliphatic heterocycles. The Balaban J connectivity index is 2.64. The third-order valence-corrected chi connectivity index (χ3v) is 2.83. The molecule has 4 nitrogen and oxygen atoms in total. The van der Waals surface area contributed by atoms with Gasteiger partial charge in [-0.25, -0.2) is 0 Å². The second kappa shape index (κ2) is 5.27. The predicted molar refractivity (Wildman–Crippen MR) is 66.9 cm³/mol. The standard InChI is InChI=1S/C13H19NO3/c1-13(2,3)12(15)8-7-10-5-4-6-11(9-10)14(16)17/h4-6,9,12,15H,7-8H2,1-3H3. The first kappa shape index (κ1) is 13.6. The van der Waals surface area contributed by atoms with E-state index >= 15 is 0 Å². The molecule has 1 aromatic carbocycles. The van der Waals surface area contributed by atoms with Gasteiger partial charge in [-0.05, 0) is 23.8 Å². The van der Waals surface area contributed by atoms with E-state index < -0.39 is 11.0 Å². The summed E-state index contributed by atoms with van der Waals surface area (Å²) in [4.78, 5) is 10.2. The number of benzene rings is 1. The lowest BCUT2D eigenvalue weighted by molar-refractivity contribution is -0.384. The van der Waals surface area contributed by atoms with Gasteiger partial charge in [-0.2, -0.15) is 0 Å². The van der Waals surface area contributed by atoms with Crippen molar-refractivity contribution >= 4 is 5.69 Å². The number of aliphatic hydroxyl groups excluding tert-OH is 1. The van der Waals surface area contributed by atoms with Gasteiger partial charge in [0.25, 0.3) is 5.69 Å². The summed E-state index contributed by atoms with van der Waals surface area (Å²) >= 11 is 0. The van der Waals surface area contributed by atoms with Crippen LogP contribution in [-0.4, -0.2) is 16.1 Å². The van der Waals surface area contributed by atoms with Gasteiger partial charge < -0.3 is 5.11 Å². The maximum atomic E-state index is 10.6. The predicted octanol–water partition coefficient (Wildman–Crippen LogP) is 2.93. The van der Waals surface area contributed by atoms with Crippen LogP contribution in [0.25, 0.3) is 0 Å². The number of rotatable bonds is 4. The number of hydrogen-bond donors (Lipinski definition) is 1. The van der Waals surface area contributed by atoms with Gasteiger partial charge in [0.05, 0.1) is 11.0 Å². The summed E-state index contributed by atoms with van der Waals surface area (Å²) in [6.45, 7) is 5.93. The van der Waals surface area contributed by atoms with Crippen molar-refractivity contribution in [3.63, 3.8) is 0 Å². The van der Waals surface area contributed by atoms with Crippen molar-refractivity contribution in [3.8, 4) is 0 Å². The molecule has 1 N–H and O–H groups in total. The van der Waals surface area contributed by atoms with E-state index in [1.54, 1.807) is 12.1 Å². The molecule has 94 valence electrons. The van der Waals surface area contributed by atoms with Crippen LogP contribution >= 0.6 is 0 Å². The monoisotopic (exact) mass is 237 g/mol. The van der Waals surface area contributed by atoms with Gasteiger partial charge in [0, 0.05) is 12.1 Å². The van der Waals surface area contributed by atoms with Gasteiger partial charge in [0.2, 0.25) is 0 Å². The second-order valence-electron chi connectivity index (χ2n) is 5.35. The smallest absolute Gasteiger partial charge is 0.269 e. The van der Waals surface area contributed by atoms with Crippen molar-refractivity contribution in [3.05, 3.63) is 39.9 Å². The molecule has 0 bridgehead atoms. The normalized spacial score (nSPS) is 13.4. The zero-order chi connectivity index (χ0) is 13.1. The topological polar surface area (TPSA) is 63.4 Å². The average molecular weight is 237 g/mol. The first-order chi connectivity index (χ1) is 7.80. The van der Waals surface area contributed by atoms with Crippen molar-refractivity contribution < 1.29 is 10.0 Å². The molecule has 4 heteroatoms. The van der Waals surface area contributed by atoms with Crippen LogP contribution in [0.3, 0.4) is 0 Å². The summed E-state index contributed by atoms with van der Waals surface area (Å²) in [6.07, 6.45) is 0.867. The molecule has 1 atom stereocenters. The Hall–Kier alpha value is -1.42. The second-order valence-corrected chi connectivity index (χ2v) is 5.35. The lowest BCUT2D eigenvalue weighted by atomic mass is 9.86. The van der Waals surface area contributed by atoms with Crippen LogP contribution in [0.5, 0.6) is 0 Å².